The molecule has 0 unspecified atom stereocenters. The zero-order valence-corrected chi connectivity index (χ0v) is 9.02. The topological polar surface area (TPSA) is 65.4 Å². The Morgan fingerprint density at radius 2 is 2.31 bits per heavy atom. The lowest BCUT2D eigenvalue weighted by molar-refractivity contribution is 0.0517. The Balaban J connectivity index is 3.31. The van der Waals surface area contributed by atoms with Crippen molar-refractivity contribution in [3.63, 3.8) is 0 Å². The molecule has 0 aromatic carbocycles. The number of aldehydes is 1. The molecule has 0 spiro atoms. The summed E-state index contributed by atoms with van der Waals surface area (Å²) in [4.78, 5) is 32.5. The van der Waals surface area contributed by atoms with Crippen molar-refractivity contribution in [1.82, 2.24) is 4.57 Å². The fourth-order valence-corrected chi connectivity index (χ4v) is 1.34. The third-order valence-corrected chi connectivity index (χ3v) is 2.12. The quantitative estimate of drug-likeness (QED) is 0.433. The highest BCUT2D eigenvalue weighted by Crippen LogP contribution is 2.15. The van der Waals surface area contributed by atoms with E-state index in [9.17, 15) is 14.4 Å². The molecular weight excluding hydrogens is 210 g/mol. The summed E-state index contributed by atoms with van der Waals surface area (Å²) in [5.74, 6) is 0.985. The van der Waals surface area contributed by atoms with E-state index in [4.69, 9.17) is 4.74 Å². The van der Waals surface area contributed by atoms with Crippen LogP contribution in [0.25, 0.3) is 6.20 Å². The van der Waals surface area contributed by atoms with Crippen LogP contribution in [0.15, 0.2) is 6.07 Å². The number of hydrogen-bond donors (Lipinski definition) is 0. The van der Waals surface area contributed by atoms with Gasteiger partial charge in [0.15, 0.2) is 6.29 Å². The molecule has 0 saturated carbocycles. The lowest BCUT2D eigenvalue weighted by Gasteiger charge is -2.03. The van der Waals surface area contributed by atoms with E-state index in [-0.39, 0.29) is 12.3 Å². The molecule has 1 rings (SSSR count). The molecule has 5 heteroatoms. The summed E-state index contributed by atoms with van der Waals surface area (Å²) in [7, 11) is 0. The van der Waals surface area contributed by atoms with Gasteiger partial charge in [0, 0.05) is 11.3 Å². The minimum Gasteiger partial charge on any atom is -0.461 e. The van der Waals surface area contributed by atoms with Crippen LogP contribution in [0, 0.1) is 6.92 Å². The van der Waals surface area contributed by atoms with Crippen LogP contribution in [0.4, 0.5) is 0 Å². The van der Waals surface area contributed by atoms with E-state index in [1.165, 1.54) is 10.6 Å². The molecule has 16 heavy (non-hydrogen) atoms. The molecule has 5 nitrogen and oxygen atoms in total. The van der Waals surface area contributed by atoms with E-state index in [1.54, 1.807) is 19.8 Å². The Hall–Kier alpha value is -2.13. The average Bonchev–Trinajstić information content (AvgIpc) is 2.57. The zero-order valence-electron chi connectivity index (χ0n) is 9.02. The summed E-state index contributed by atoms with van der Waals surface area (Å²) >= 11 is 0. The van der Waals surface area contributed by atoms with E-state index < -0.39 is 5.97 Å². The predicted molar refractivity (Wildman–Crippen MR) is 57.0 cm³/mol. The molecule has 0 amide bonds. The molecule has 1 heterocycles. The molecule has 0 N–H and O–H groups in total. The second kappa shape index (κ2) is 5.09. The van der Waals surface area contributed by atoms with Crippen molar-refractivity contribution in [2.24, 2.45) is 0 Å². The van der Waals surface area contributed by atoms with Crippen LogP contribution in [-0.4, -0.2) is 29.4 Å². The predicted octanol–water partition coefficient (Wildman–Crippen LogP) is 1.09. The maximum Gasteiger partial charge on any atom is 0.355 e. The molecule has 0 saturated heterocycles. The van der Waals surface area contributed by atoms with Crippen LogP contribution < -0.4 is 0 Å². The van der Waals surface area contributed by atoms with Crippen molar-refractivity contribution in [3.05, 3.63) is 23.0 Å². The summed E-state index contributed by atoms with van der Waals surface area (Å²) in [6.45, 7) is 3.53. The number of nitrogens with zero attached hydrogens (tertiary/aromatic N) is 1. The van der Waals surface area contributed by atoms with Crippen molar-refractivity contribution in [2.45, 2.75) is 13.8 Å². The van der Waals surface area contributed by atoms with Crippen LogP contribution in [0.3, 0.4) is 0 Å². The number of rotatable bonds is 4. The molecule has 0 aliphatic rings. The Morgan fingerprint density at radius 1 is 1.62 bits per heavy atom. The lowest BCUT2D eigenvalue weighted by atomic mass is 10.3. The van der Waals surface area contributed by atoms with Crippen molar-refractivity contribution < 1.29 is 19.1 Å². The van der Waals surface area contributed by atoms with Gasteiger partial charge in [0.1, 0.15) is 11.6 Å². The number of aromatic nitrogens is 1. The minimum absolute atomic E-state index is 0.143. The number of hydrogen-bond acceptors (Lipinski definition) is 4. The SMILES string of the molecule is CCOC(=O)c1cc(C=O)c(C)n1C=C=O. The van der Waals surface area contributed by atoms with E-state index in [0.717, 1.165) is 6.20 Å². The second-order valence-corrected chi connectivity index (χ2v) is 3.03. The van der Waals surface area contributed by atoms with Gasteiger partial charge in [-0.3, -0.25) is 4.79 Å². The molecule has 1 aromatic heterocycles. The van der Waals surface area contributed by atoms with Gasteiger partial charge in [0.2, 0.25) is 0 Å². The molecule has 84 valence electrons. The van der Waals surface area contributed by atoms with Gasteiger partial charge in [-0.1, -0.05) is 0 Å². The summed E-state index contributed by atoms with van der Waals surface area (Å²) < 4.78 is 6.09. The molecule has 0 aliphatic heterocycles. The lowest BCUT2D eigenvalue weighted by Crippen LogP contribution is -2.09. The summed E-state index contributed by atoms with van der Waals surface area (Å²) in [6, 6.07) is 1.38. The van der Waals surface area contributed by atoms with Gasteiger partial charge < -0.3 is 9.30 Å². The Labute approximate surface area is 92.3 Å². The van der Waals surface area contributed by atoms with Crippen LogP contribution in [0.2, 0.25) is 0 Å². The minimum atomic E-state index is -0.579. The molecular formula is C11H11NO4. The highest BCUT2D eigenvalue weighted by Gasteiger charge is 2.17. The average molecular weight is 221 g/mol. The van der Waals surface area contributed by atoms with Crippen LogP contribution in [0.5, 0.6) is 0 Å². The van der Waals surface area contributed by atoms with Gasteiger partial charge in [0.05, 0.1) is 12.8 Å². The molecule has 1 aromatic rings. The second-order valence-electron chi connectivity index (χ2n) is 3.03. The van der Waals surface area contributed by atoms with E-state index in [0.29, 0.717) is 17.5 Å². The number of ether oxygens (including phenoxy) is 1. The van der Waals surface area contributed by atoms with Crippen molar-refractivity contribution >= 4 is 24.4 Å². The van der Waals surface area contributed by atoms with Gasteiger partial charge >= 0.3 is 5.97 Å². The maximum atomic E-state index is 11.5. The summed E-state index contributed by atoms with van der Waals surface area (Å²) in [5, 5.41) is 0. The highest BCUT2D eigenvalue weighted by atomic mass is 16.5. The largest absolute Gasteiger partial charge is 0.461 e. The van der Waals surface area contributed by atoms with Crippen LogP contribution in [0.1, 0.15) is 33.5 Å². The van der Waals surface area contributed by atoms with Gasteiger partial charge in [-0.05, 0) is 19.9 Å². The molecule has 0 atom stereocenters. The fraction of sp³-hybridized carbons (Fsp3) is 0.273. The van der Waals surface area contributed by atoms with Gasteiger partial charge in [-0.2, -0.15) is 0 Å². The third-order valence-electron chi connectivity index (χ3n) is 2.12. The van der Waals surface area contributed by atoms with Gasteiger partial charge in [-0.25, -0.2) is 9.59 Å². The molecule has 0 radical (unpaired) electrons. The summed E-state index contributed by atoms with van der Waals surface area (Å²) in [6.07, 6.45) is 1.67. The van der Waals surface area contributed by atoms with Crippen molar-refractivity contribution in [3.8, 4) is 0 Å². The van der Waals surface area contributed by atoms with E-state index in [1.807, 2.05) is 0 Å². The molecule has 0 fully saturated rings. The smallest absolute Gasteiger partial charge is 0.355 e. The van der Waals surface area contributed by atoms with Gasteiger partial charge in [0.25, 0.3) is 0 Å². The van der Waals surface area contributed by atoms with Crippen LogP contribution in [-0.2, 0) is 9.53 Å². The first-order valence-corrected chi connectivity index (χ1v) is 4.70. The number of carbonyl (C=O) groups is 2. The summed E-state index contributed by atoms with van der Waals surface area (Å²) in [5.41, 5.74) is 0.987. The highest BCUT2D eigenvalue weighted by molar-refractivity contribution is 5.93. The van der Waals surface area contributed by atoms with Gasteiger partial charge in [-0.15, -0.1) is 0 Å². The molecule has 0 aliphatic carbocycles. The first-order valence-electron chi connectivity index (χ1n) is 4.70. The normalized spacial score (nSPS) is 9.38. The third kappa shape index (κ3) is 2.10. The van der Waals surface area contributed by atoms with Crippen molar-refractivity contribution in [1.29, 1.82) is 0 Å². The maximum absolute atomic E-state index is 11.5. The number of carbonyl (C=O) groups excluding carboxylic acids is 3. The van der Waals surface area contributed by atoms with E-state index in [2.05, 4.69) is 0 Å². The van der Waals surface area contributed by atoms with Crippen molar-refractivity contribution in [2.75, 3.05) is 6.61 Å². The Kier molecular flexibility index (Phi) is 3.80. The Morgan fingerprint density at radius 3 is 2.81 bits per heavy atom. The number of esters is 1. The van der Waals surface area contributed by atoms with Crippen LogP contribution >= 0.6 is 0 Å². The molecule has 0 bridgehead atoms. The zero-order chi connectivity index (χ0) is 12.1. The monoisotopic (exact) mass is 221 g/mol. The fourth-order valence-electron chi connectivity index (χ4n) is 1.34. The van der Waals surface area contributed by atoms with E-state index >= 15 is 0 Å². The standard InChI is InChI=1S/C11H11NO4/c1-3-16-11(15)10-6-9(7-14)8(2)12(10)4-5-13/h4,6-7H,3H2,1-2H3. The first-order chi connectivity index (χ1) is 7.65. The Bertz CT molecular complexity index is 467. The first kappa shape index (κ1) is 11.9.